The maximum Gasteiger partial charge on any atom is 0.433 e. The third-order valence-corrected chi connectivity index (χ3v) is 2.70. The second-order valence-electron chi connectivity index (χ2n) is 4.07. The minimum Gasteiger partial charge on any atom is -0.323 e. The zero-order valence-corrected chi connectivity index (χ0v) is 9.42. The maximum absolute atomic E-state index is 12.3. The van der Waals surface area contributed by atoms with Crippen LogP contribution in [0.3, 0.4) is 0 Å². The topological polar surface area (TPSA) is 54.0 Å². The zero-order chi connectivity index (χ0) is 13.2. The van der Waals surface area contributed by atoms with Gasteiger partial charge < -0.3 is 10.6 Å². The summed E-state index contributed by atoms with van der Waals surface area (Å²) in [5.41, 5.74) is -0.707. The Morgan fingerprint density at radius 3 is 2.72 bits per heavy atom. The number of alkyl halides is 3. The summed E-state index contributed by atoms with van der Waals surface area (Å²) in [4.78, 5) is 14.9. The van der Waals surface area contributed by atoms with E-state index in [0.717, 1.165) is 31.6 Å². The van der Waals surface area contributed by atoms with Gasteiger partial charge in [0.15, 0.2) is 0 Å². The van der Waals surface area contributed by atoms with Crippen molar-refractivity contribution in [1.82, 2.24) is 10.3 Å². The minimum absolute atomic E-state index is 0.242. The van der Waals surface area contributed by atoms with Crippen LogP contribution >= 0.6 is 0 Å². The van der Waals surface area contributed by atoms with E-state index in [9.17, 15) is 18.0 Å². The molecule has 1 amide bonds. The second-order valence-corrected chi connectivity index (χ2v) is 4.07. The maximum atomic E-state index is 12.3. The molecular formula is C11H12F3N3O. The fraction of sp³-hybridized carbons (Fsp3) is 0.455. The fourth-order valence-corrected chi connectivity index (χ4v) is 1.77. The van der Waals surface area contributed by atoms with Crippen molar-refractivity contribution in [1.29, 1.82) is 0 Å². The molecule has 1 unspecified atom stereocenters. The number of amides is 1. The molecule has 1 aromatic rings. The molecule has 7 heteroatoms. The summed E-state index contributed by atoms with van der Waals surface area (Å²) in [6.07, 6.45) is -1.80. The van der Waals surface area contributed by atoms with Crippen LogP contribution < -0.4 is 10.6 Å². The van der Waals surface area contributed by atoms with Gasteiger partial charge in [0.05, 0.1) is 17.9 Å². The lowest BCUT2D eigenvalue weighted by atomic mass is 10.2. The van der Waals surface area contributed by atoms with Gasteiger partial charge in [-0.2, -0.15) is 13.2 Å². The standard InChI is InChI=1S/C11H12F3N3O/c12-11(13,14)9-4-3-7(6-16-9)17-10(18)8-2-1-5-15-8/h3-4,6,8,15H,1-2,5H2,(H,17,18). The van der Waals surface area contributed by atoms with Gasteiger partial charge in [-0.3, -0.25) is 4.79 Å². The van der Waals surface area contributed by atoms with Crippen molar-refractivity contribution in [3.63, 3.8) is 0 Å². The number of carbonyl (C=O) groups excluding carboxylic acids is 1. The van der Waals surface area contributed by atoms with Gasteiger partial charge >= 0.3 is 6.18 Å². The predicted molar refractivity (Wildman–Crippen MR) is 58.9 cm³/mol. The molecule has 0 bridgehead atoms. The number of hydrogen-bond acceptors (Lipinski definition) is 3. The molecule has 1 saturated heterocycles. The van der Waals surface area contributed by atoms with E-state index < -0.39 is 11.9 Å². The molecule has 1 atom stereocenters. The van der Waals surface area contributed by atoms with Crippen LogP contribution in [0, 0.1) is 0 Å². The highest BCUT2D eigenvalue weighted by Crippen LogP contribution is 2.27. The van der Waals surface area contributed by atoms with E-state index in [4.69, 9.17) is 0 Å². The van der Waals surface area contributed by atoms with Crippen LogP contribution in [0.25, 0.3) is 0 Å². The number of pyridine rings is 1. The lowest BCUT2D eigenvalue weighted by Gasteiger charge is -2.11. The third kappa shape index (κ3) is 2.98. The Bertz CT molecular complexity index is 424. The molecule has 1 fully saturated rings. The molecule has 1 aliphatic heterocycles. The molecule has 18 heavy (non-hydrogen) atoms. The van der Waals surface area contributed by atoms with Gasteiger partial charge in [0.25, 0.3) is 0 Å². The Hall–Kier alpha value is -1.63. The van der Waals surface area contributed by atoms with Crippen molar-refractivity contribution >= 4 is 11.6 Å². The summed E-state index contributed by atoms with van der Waals surface area (Å²) in [6.45, 7) is 0.781. The van der Waals surface area contributed by atoms with Crippen molar-refractivity contribution in [3.8, 4) is 0 Å². The first-order valence-corrected chi connectivity index (χ1v) is 5.54. The summed E-state index contributed by atoms with van der Waals surface area (Å²) in [5, 5.41) is 5.53. The average molecular weight is 259 g/mol. The molecule has 0 aliphatic carbocycles. The Balaban J connectivity index is 2.00. The molecule has 0 saturated carbocycles. The molecular weight excluding hydrogens is 247 g/mol. The number of anilines is 1. The van der Waals surface area contributed by atoms with Gasteiger partial charge in [-0.1, -0.05) is 0 Å². The number of halogens is 3. The number of carbonyl (C=O) groups is 1. The Morgan fingerprint density at radius 2 is 2.22 bits per heavy atom. The molecule has 0 radical (unpaired) electrons. The van der Waals surface area contributed by atoms with Crippen molar-refractivity contribution in [3.05, 3.63) is 24.0 Å². The monoisotopic (exact) mass is 259 g/mol. The minimum atomic E-state index is -4.46. The summed E-state index contributed by atoms with van der Waals surface area (Å²) in [7, 11) is 0. The number of hydrogen-bond donors (Lipinski definition) is 2. The largest absolute Gasteiger partial charge is 0.433 e. The fourth-order valence-electron chi connectivity index (χ4n) is 1.77. The van der Waals surface area contributed by atoms with Crippen LogP contribution in [-0.2, 0) is 11.0 Å². The Morgan fingerprint density at radius 1 is 1.44 bits per heavy atom. The van der Waals surface area contributed by atoms with Gasteiger partial charge in [-0.15, -0.1) is 0 Å². The van der Waals surface area contributed by atoms with Gasteiger partial charge in [-0.25, -0.2) is 4.98 Å². The van der Waals surface area contributed by atoms with E-state index in [2.05, 4.69) is 15.6 Å². The summed E-state index contributed by atoms with van der Waals surface area (Å²) in [5.74, 6) is -0.242. The highest BCUT2D eigenvalue weighted by molar-refractivity contribution is 5.94. The summed E-state index contributed by atoms with van der Waals surface area (Å²) in [6, 6.07) is 1.77. The van der Waals surface area contributed by atoms with Crippen molar-refractivity contribution in [2.75, 3.05) is 11.9 Å². The highest BCUT2D eigenvalue weighted by atomic mass is 19.4. The average Bonchev–Trinajstić information content (AvgIpc) is 2.82. The van der Waals surface area contributed by atoms with Crippen molar-refractivity contribution in [2.45, 2.75) is 25.1 Å². The Kier molecular flexibility index (Phi) is 3.51. The van der Waals surface area contributed by atoms with E-state index in [1.807, 2.05) is 0 Å². The van der Waals surface area contributed by atoms with Gasteiger partial charge in [0.2, 0.25) is 5.91 Å². The lowest BCUT2D eigenvalue weighted by Crippen LogP contribution is -2.35. The first-order valence-electron chi connectivity index (χ1n) is 5.54. The van der Waals surface area contributed by atoms with Crippen LogP contribution in [0.1, 0.15) is 18.5 Å². The van der Waals surface area contributed by atoms with Crippen molar-refractivity contribution in [2.24, 2.45) is 0 Å². The number of nitrogens with one attached hydrogen (secondary N) is 2. The Labute approximate surface area is 102 Å². The predicted octanol–water partition coefficient (Wildman–Crippen LogP) is 1.79. The van der Waals surface area contributed by atoms with E-state index >= 15 is 0 Å². The molecule has 98 valence electrons. The van der Waals surface area contributed by atoms with Crippen LogP contribution in [-0.4, -0.2) is 23.5 Å². The van der Waals surface area contributed by atoms with Crippen LogP contribution in [0.2, 0.25) is 0 Å². The van der Waals surface area contributed by atoms with Crippen LogP contribution in [0.5, 0.6) is 0 Å². The molecule has 2 heterocycles. The van der Waals surface area contributed by atoms with Crippen LogP contribution in [0.4, 0.5) is 18.9 Å². The van der Waals surface area contributed by atoms with Gasteiger partial charge in [-0.05, 0) is 31.5 Å². The molecule has 4 nitrogen and oxygen atoms in total. The molecule has 0 aromatic carbocycles. The van der Waals surface area contributed by atoms with E-state index in [0.29, 0.717) is 0 Å². The number of nitrogens with zero attached hydrogens (tertiary/aromatic N) is 1. The first kappa shape index (κ1) is 12.8. The smallest absolute Gasteiger partial charge is 0.323 e. The molecule has 1 aromatic heterocycles. The number of rotatable bonds is 2. The quantitative estimate of drug-likeness (QED) is 0.851. The molecule has 2 rings (SSSR count). The van der Waals surface area contributed by atoms with E-state index in [1.165, 1.54) is 6.07 Å². The lowest BCUT2D eigenvalue weighted by molar-refractivity contribution is -0.141. The zero-order valence-electron chi connectivity index (χ0n) is 9.42. The summed E-state index contributed by atoms with van der Waals surface area (Å²) >= 11 is 0. The normalized spacial score (nSPS) is 19.8. The highest BCUT2D eigenvalue weighted by Gasteiger charge is 2.32. The number of aromatic nitrogens is 1. The molecule has 0 spiro atoms. The van der Waals surface area contributed by atoms with Gasteiger partial charge in [0.1, 0.15) is 5.69 Å². The molecule has 2 N–H and O–H groups in total. The van der Waals surface area contributed by atoms with Crippen molar-refractivity contribution < 1.29 is 18.0 Å². The second kappa shape index (κ2) is 4.93. The first-order chi connectivity index (χ1) is 8.47. The van der Waals surface area contributed by atoms with E-state index in [-0.39, 0.29) is 17.6 Å². The molecule has 1 aliphatic rings. The van der Waals surface area contributed by atoms with Crippen LogP contribution in [0.15, 0.2) is 18.3 Å². The SMILES string of the molecule is O=C(Nc1ccc(C(F)(F)F)nc1)C1CCCN1. The van der Waals surface area contributed by atoms with Gasteiger partial charge in [0, 0.05) is 0 Å². The third-order valence-electron chi connectivity index (χ3n) is 2.70. The summed E-state index contributed by atoms with van der Waals surface area (Å²) < 4.78 is 36.8. The van der Waals surface area contributed by atoms with E-state index in [1.54, 1.807) is 0 Å².